The Morgan fingerprint density at radius 3 is 2.33 bits per heavy atom. The third kappa shape index (κ3) is 2.93. The molecule has 0 aliphatic carbocycles. The molecular formula is C16H14BrFO3. The van der Waals surface area contributed by atoms with Crippen LogP contribution in [0, 0.1) is 12.7 Å². The number of ether oxygens (including phenoxy) is 2. The van der Waals surface area contributed by atoms with Gasteiger partial charge in [-0.25, -0.2) is 4.39 Å². The van der Waals surface area contributed by atoms with Crippen molar-refractivity contribution in [2.45, 2.75) is 6.92 Å². The third-order valence-corrected chi connectivity index (χ3v) is 4.21. The van der Waals surface area contributed by atoms with Crippen LogP contribution in [0.1, 0.15) is 21.5 Å². The zero-order valence-electron chi connectivity index (χ0n) is 11.9. The number of aryl methyl sites for hydroxylation is 1. The van der Waals surface area contributed by atoms with Crippen LogP contribution < -0.4 is 9.47 Å². The summed E-state index contributed by atoms with van der Waals surface area (Å²) in [6.07, 6.45) is 0. The summed E-state index contributed by atoms with van der Waals surface area (Å²) < 4.78 is 24.9. The molecule has 21 heavy (non-hydrogen) atoms. The van der Waals surface area contributed by atoms with Crippen molar-refractivity contribution in [3.05, 3.63) is 57.3 Å². The number of halogens is 2. The molecule has 0 unspecified atom stereocenters. The maximum Gasteiger partial charge on any atom is 0.197 e. The van der Waals surface area contributed by atoms with Gasteiger partial charge in [0.05, 0.1) is 19.8 Å². The molecule has 0 aromatic heterocycles. The van der Waals surface area contributed by atoms with E-state index in [1.807, 2.05) is 13.0 Å². The molecule has 0 aliphatic heterocycles. The second kappa shape index (κ2) is 6.26. The van der Waals surface area contributed by atoms with Crippen molar-refractivity contribution >= 4 is 21.7 Å². The van der Waals surface area contributed by atoms with E-state index >= 15 is 0 Å². The van der Waals surface area contributed by atoms with Crippen LogP contribution in [0.4, 0.5) is 4.39 Å². The Balaban J connectivity index is 2.56. The molecule has 0 saturated heterocycles. The van der Waals surface area contributed by atoms with E-state index < -0.39 is 11.6 Å². The fraction of sp³-hybridized carbons (Fsp3) is 0.188. The number of methoxy groups -OCH3 is 2. The second-order valence-corrected chi connectivity index (χ2v) is 5.25. The average molecular weight is 353 g/mol. The normalized spacial score (nSPS) is 10.3. The minimum Gasteiger partial charge on any atom is -0.493 e. The fourth-order valence-electron chi connectivity index (χ4n) is 2.00. The van der Waals surface area contributed by atoms with Crippen molar-refractivity contribution in [2.75, 3.05) is 14.2 Å². The summed E-state index contributed by atoms with van der Waals surface area (Å²) in [4.78, 5) is 12.5. The SMILES string of the molecule is COc1cc(F)c(C(=O)c2cccc(C)c2Br)cc1OC. The minimum atomic E-state index is -0.647. The molecule has 0 radical (unpaired) electrons. The van der Waals surface area contributed by atoms with E-state index in [4.69, 9.17) is 9.47 Å². The summed E-state index contributed by atoms with van der Waals surface area (Å²) in [5.41, 5.74) is 1.25. The molecule has 3 nitrogen and oxygen atoms in total. The molecule has 0 aliphatic rings. The third-order valence-electron chi connectivity index (χ3n) is 3.15. The molecule has 0 atom stereocenters. The lowest BCUT2D eigenvalue weighted by molar-refractivity contribution is 0.103. The topological polar surface area (TPSA) is 35.5 Å². The van der Waals surface area contributed by atoms with Crippen LogP contribution in [-0.4, -0.2) is 20.0 Å². The summed E-state index contributed by atoms with van der Waals surface area (Å²) in [7, 11) is 2.85. The van der Waals surface area contributed by atoms with E-state index in [9.17, 15) is 9.18 Å². The number of carbonyl (C=O) groups is 1. The van der Waals surface area contributed by atoms with Gasteiger partial charge < -0.3 is 9.47 Å². The molecule has 0 saturated carbocycles. The molecule has 110 valence electrons. The molecule has 0 amide bonds. The number of carbonyl (C=O) groups excluding carboxylic acids is 1. The van der Waals surface area contributed by atoms with Gasteiger partial charge in [-0.3, -0.25) is 4.79 Å². The highest BCUT2D eigenvalue weighted by molar-refractivity contribution is 9.10. The molecule has 2 rings (SSSR count). The smallest absolute Gasteiger partial charge is 0.197 e. The average Bonchev–Trinajstić information content (AvgIpc) is 2.49. The lowest BCUT2D eigenvalue weighted by atomic mass is 10.0. The van der Waals surface area contributed by atoms with Crippen LogP contribution in [0.15, 0.2) is 34.8 Å². The number of benzene rings is 2. The summed E-state index contributed by atoms with van der Waals surface area (Å²) in [5.74, 6) is -0.504. The first kappa shape index (κ1) is 15.5. The number of rotatable bonds is 4. The zero-order valence-corrected chi connectivity index (χ0v) is 13.5. The Hall–Kier alpha value is -1.88. The molecule has 0 spiro atoms. The van der Waals surface area contributed by atoms with Crippen LogP contribution in [0.3, 0.4) is 0 Å². The highest BCUT2D eigenvalue weighted by Crippen LogP contribution is 2.32. The van der Waals surface area contributed by atoms with Gasteiger partial charge in [0.15, 0.2) is 17.3 Å². The Morgan fingerprint density at radius 1 is 1.10 bits per heavy atom. The van der Waals surface area contributed by atoms with Crippen molar-refractivity contribution in [2.24, 2.45) is 0 Å². The highest BCUT2D eigenvalue weighted by Gasteiger charge is 2.20. The van der Waals surface area contributed by atoms with Crippen molar-refractivity contribution in [1.29, 1.82) is 0 Å². The van der Waals surface area contributed by atoms with E-state index in [1.165, 1.54) is 20.3 Å². The van der Waals surface area contributed by atoms with Gasteiger partial charge in [0.1, 0.15) is 5.82 Å². The van der Waals surface area contributed by atoms with Gasteiger partial charge in [0.25, 0.3) is 0 Å². The molecular weight excluding hydrogens is 339 g/mol. The van der Waals surface area contributed by atoms with E-state index in [0.29, 0.717) is 15.8 Å². The predicted molar refractivity (Wildman–Crippen MR) is 81.8 cm³/mol. The maximum atomic E-state index is 14.2. The molecule has 2 aromatic carbocycles. The zero-order chi connectivity index (χ0) is 15.6. The first-order chi connectivity index (χ1) is 9.99. The lowest BCUT2D eigenvalue weighted by Gasteiger charge is -2.11. The Morgan fingerprint density at radius 2 is 1.71 bits per heavy atom. The van der Waals surface area contributed by atoms with Gasteiger partial charge in [-0.05, 0) is 40.5 Å². The molecule has 0 N–H and O–H groups in total. The van der Waals surface area contributed by atoms with Crippen molar-refractivity contribution in [3.63, 3.8) is 0 Å². The van der Waals surface area contributed by atoms with Crippen molar-refractivity contribution in [3.8, 4) is 11.5 Å². The van der Waals surface area contributed by atoms with E-state index in [1.54, 1.807) is 12.1 Å². The van der Waals surface area contributed by atoms with Gasteiger partial charge in [-0.15, -0.1) is 0 Å². The van der Waals surface area contributed by atoms with Gasteiger partial charge in [-0.2, -0.15) is 0 Å². The van der Waals surface area contributed by atoms with E-state index in [2.05, 4.69) is 15.9 Å². The quantitative estimate of drug-likeness (QED) is 0.775. The van der Waals surface area contributed by atoms with E-state index in [-0.39, 0.29) is 11.3 Å². The van der Waals surface area contributed by atoms with E-state index in [0.717, 1.165) is 11.6 Å². The van der Waals surface area contributed by atoms with Crippen LogP contribution in [0.25, 0.3) is 0 Å². The maximum absolute atomic E-state index is 14.2. The lowest BCUT2D eigenvalue weighted by Crippen LogP contribution is -2.07. The molecule has 0 fully saturated rings. The Bertz CT molecular complexity index is 698. The van der Waals surface area contributed by atoms with Crippen LogP contribution in [-0.2, 0) is 0 Å². The summed E-state index contributed by atoms with van der Waals surface area (Å²) >= 11 is 3.37. The molecule has 0 bridgehead atoms. The molecule has 0 heterocycles. The largest absolute Gasteiger partial charge is 0.493 e. The summed E-state index contributed by atoms with van der Waals surface area (Å²) in [6, 6.07) is 7.77. The van der Waals surface area contributed by atoms with Gasteiger partial charge >= 0.3 is 0 Å². The van der Waals surface area contributed by atoms with Crippen LogP contribution in [0.2, 0.25) is 0 Å². The summed E-state index contributed by atoms with van der Waals surface area (Å²) in [5, 5.41) is 0. The predicted octanol–water partition coefficient (Wildman–Crippen LogP) is 4.14. The van der Waals surface area contributed by atoms with Crippen LogP contribution >= 0.6 is 15.9 Å². The standard InChI is InChI=1S/C16H14BrFO3/c1-9-5-4-6-10(15(9)17)16(19)11-7-13(20-2)14(21-3)8-12(11)18/h4-8H,1-3H3. The number of hydrogen-bond donors (Lipinski definition) is 0. The second-order valence-electron chi connectivity index (χ2n) is 4.45. The number of hydrogen-bond acceptors (Lipinski definition) is 3. The summed E-state index contributed by atoms with van der Waals surface area (Å²) in [6.45, 7) is 1.87. The monoisotopic (exact) mass is 352 g/mol. The van der Waals surface area contributed by atoms with Crippen molar-refractivity contribution < 1.29 is 18.7 Å². The highest BCUT2D eigenvalue weighted by atomic mass is 79.9. The van der Waals surface area contributed by atoms with Gasteiger partial charge in [0.2, 0.25) is 0 Å². The Labute approximate surface area is 130 Å². The van der Waals surface area contributed by atoms with Gasteiger partial charge in [-0.1, -0.05) is 12.1 Å². The first-order valence-corrected chi connectivity index (χ1v) is 7.00. The minimum absolute atomic E-state index is 0.0565. The van der Waals surface area contributed by atoms with Crippen molar-refractivity contribution in [1.82, 2.24) is 0 Å². The van der Waals surface area contributed by atoms with Crippen LogP contribution in [0.5, 0.6) is 11.5 Å². The Kier molecular flexibility index (Phi) is 4.63. The molecule has 5 heteroatoms. The van der Waals surface area contributed by atoms with Gasteiger partial charge in [0, 0.05) is 16.1 Å². The first-order valence-electron chi connectivity index (χ1n) is 6.21. The molecule has 2 aromatic rings. The fourth-order valence-corrected chi connectivity index (χ4v) is 2.44. The number of ketones is 1.